The number of hydrogen-bond acceptors (Lipinski definition) is 5. The maximum Gasteiger partial charge on any atom is 0.194 e. The van der Waals surface area contributed by atoms with E-state index in [9.17, 15) is 0 Å². The van der Waals surface area contributed by atoms with Gasteiger partial charge in [-0.1, -0.05) is 18.2 Å². The summed E-state index contributed by atoms with van der Waals surface area (Å²) in [7, 11) is 3.32. The van der Waals surface area contributed by atoms with E-state index in [1.165, 1.54) is 5.56 Å². The Kier molecular flexibility index (Phi) is 8.13. The lowest BCUT2D eigenvalue weighted by molar-refractivity contribution is 0.172. The Balaban J connectivity index is 1.57. The van der Waals surface area contributed by atoms with Crippen LogP contribution in [0.3, 0.4) is 0 Å². The highest BCUT2D eigenvalue weighted by Crippen LogP contribution is 2.28. The molecule has 0 saturated carbocycles. The van der Waals surface area contributed by atoms with Crippen LogP contribution in [0.5, 0.6) is 11.5 Å². The molecule has 7 heteroatoms. The molecular weight excluding hydrogens is 390 g/mol. The van der Waals surface area contributed by atoms with Gasteiger partial charge in [0, 0.05) is 39.3 Å². The number of guanidine groups is 1. The average molecular weight is 422 g/mol. The molecule has 2 aromatic rings. The highest BCUT2D eigenvalue weighted by Gasteiger charge is 2.20. The summed E-state index contributed by atoms with van der Waals surface area (Å²) < 4.78 is 10.8. The Bertz CT molecular complexity index is 913. The number of nitrogens with zero attached hydrogens (tertiary/aromatic N) is 4. The van der Waals surface area contributed by atoms with Gasteiger partial charge in [0.25, 0.3) is 0 Å². The predicted octanol–water partition coefficient (Wildman–Crippen LogP) is 2.86. The van der Waals surface area contributed by atoms with Crippen molar-refractivity contribution < 1.29 is 9.47 Å². The Morgan fingerprint density at radius 2 is 1.68 bits per heavy atom. The van der Waals surface area contributed by atoms with Crippen LogP contribution in [-0.4, -0.2) is 62.7 Å². The van der Waals surface area contributed by atoms with Gasteiger partial charge in [-0.15, -0.1) is 0 Å². The van der Waals surface area contributed by atoms with Gasteiger partial charge in [-0.25, -0.2) is 4.99 Å². The van der Waals surface area contributed by atoms with Crippen molar-refractivity contribution in [1.29, 1.82) is 5.26 Å². The van der Waals surface area contributed by atoms with Gasteiger partial charge in [-0.05, 0) is 42.3 Å². The van der Waals surface area contributed by atoms with Gasteiger partial charge in [0.2, 0.25) is 0 Å². The lowest BCUT2D eigenvalue weighted by atomic mass is 10.1. The van der Waals surface area contributed by atoms with E-state index in [1.807, 2.05) is 36.4 Å². The van der Waals surface area contributed by atoms with E-state index < -0.39 is 0 Å². The van der Waals surface area contributed by atoms with E-state index in [-0.39, 0.29) is 0 Å². The zero-order chi connectivity index (χ0) is 22.1. The molecular formula is C24H31N5O2. The van der Waals surface area contributed by atoms with Crippen molar-refractivity contribution in [3.63, 3.8) is 0 Å². The smallest absolute Gasteiger partial charge is 0.194 e. The third-order valence-electron chi connectivity index (χ3n) is 5.36. The number of piperazine rings is 1. The van der Waals surface area contributed by atoms with Gasteiger partial charge >= 0.3 is 0 Å². The van der Waals surface area contributed by atoms with Crippen LogP contribution in [0.2, 0.25) is 0 Å². The number of nitrogens with one attached hydrogen (secondary N) is 1. The molecule has 0 amide bonds. The first-order chi connectivity index (χ1) is 15.2. The third-order valence-corrected chi connectivity index (χ3v) is 5.36. The van der Waals surface area contributed by atoms with Crippen molar-refractivity contribution in [3.8, 4) is 17.6 Å². The standard InChI is InChI=1S/C24H31N5O2/c1-4-26-24(27-17-20-7-5-19(16-25)6-8-20)29-13-11-28(12-14-29)18-21-9-10-22(30-2)23(15-21)31-3/h5-10,15H,4,11-14,17-18H2,1-3H3,(H,26,27). The molecule has 31 heavy (non-hydrogen) atoms. The molecule has 1 N–H and O–H groups in total. The van der Waals surface area contributed by atoms with Crippen molar-refractivity contribution in [2.45, 2.75) is 20.0 Å². The zero-order valence-corrected chi connectivity index (χ0v) is 18.6. The molecule has 0 radical (unpaired) electrons. The summed E-state index contributed by atoms with van der Waals surface area (Å²) in [6, 6.07) is 15.9. The fraction of sp³-hybridized carbons (Fsp3) is 0.417. The van der Waals surface area contributed by atoms with Gasteiger partial charge in [-0.2, -0.15) is 5.26 Å². The fourth-order valence-corrected chi connectivity index (χ4v) is 3.63. The van der Waals surface area contributed by atoms with E-state index in [2.05, 4.69) is 34.2 Å². The second-order valence-corrected chi connectivity index (χ2v) is 7.43. The van der Waals surface area contributed by atoms with Crippen molar-refractivity contribution >= 4 is 5.96 Å². The highest BCUT2D eigenvalue weighted by molar-refractivity contribution is 5.80. The summed E-state index contributed by atoms with van der Waals surface area (Å²) in [6.07, 6.45) is 0. The van der Waals surface area contributed by atoms with Crippen LogP contribution >= 0.6 is 0 Å². The maximum atomic E-state index is 8.94. The number of nitriles is 1. The van der Waals surface area contributed by atoms with Crippen LogP contribution in [-0.2, 0) is 13.1 Å². The van der Waals surface area contributed by atoms with Gasteiger partial charge in [0.05, 0.1) is 32.4 Å². The van der Waals surface area contributed by atoms with Crippen molar-refractivity contribution in [2.75, 3.05) is 46.9 Å². The molecule has 0 spiro atoms. The van der Waals surface area contributed by atoms with Crippen LogP contribution in [0.15, 0.2) is 47.5 Å². The maximum absolute atomic E-state index is 8.94. The average Bonchev–Trinajstić information content (AvgIpc) is 2.82. The summed E-state index contributed by atoms with van der Waals surface area (Å²) in [5.41, 5.74) is 2.99. The van der Waals surface area contributed by atoms with Crippen molar-refractivity contribution in [3.05, 3.63) is 59.2 Å². The van der Waals surface area contributed by atoms with Crippen molar-refractivity contribution in [1.82, 2.24) is 15.1 Å². The van der Waals surface area contributed by atoms with E-state index in [0.29, 0.717) is 12.1 Å². The summed E-state index contributed by atoms with van der Waals surface area (Å²) in [5.74, 6) is 2.46. The molecule has 1 heterocycles. The molecule has 7 nitrogen and oxygen atoms in total. The van der Waals surface area contributed by atoms with Crippen LogP contribution in [0.25, 0.3) is 0 Å². The number of aliphatic imine (C=N–C) groups is 1. The minimum atomic E-state index is 0.597. The SMILES string of the molecule is CCNC(=NCc1ccc(C#N)cc1)N1CCN(Cc2ccc(OC)c(OC)c2)CC1. The van der Waals surface area contributed by atoms with Gasteiger partial charge in [0.1, 0.15) is 0 Å². The van der Waals surface area contributed by atoms with Crippen LogP contribution < -0.4 is 14.8 Å². The Hall–Kier alpha value is -3.24. The Labute approximate surface area is 184 Å². The molecule has 1 fully saturated rings. The van der Waals surface area contributed by atoms with Crippen LogP contribution in [0, 0.1) is 11.3 Å². The number of methoxy groups -OCH3 is 2. The van der Waals surface area contributed by atoms with Gasteiger partial charge in [0.15, 0.2) is 17.5 Å². The molecule has 1 aliphatic rings. The molecule has 164 valence electrons. The summed E-state index contributed by atoms with van der Waals surface area (Å²) >= 11 is 0. The molecule has 0 aliphatic carbocycles. The monoisotopic (exact) mass is 421 g/mol. The number of benzene rings is 2. The highest BCUT2D eigenvalue weighted by atomic mass is 16.5. The molecule has 3 rings (SSSR count). The molecule has 1 aliphatic heterocycles. The second-order valence-electron chi connectivity index (χ2n) is 7.43. The number of hydrogen-bond donors (Lipinski definition) is 1. The normalized spacial score (nSPS) is 14.8. The first-order valence-corrected chi connectivity index (χ1v) is 10.6. The first kappa shape index (κ1) is 22.4. The van der Waals surface area contributed by atoms with E-state index in [0.717, 1.165) is 62.3 Å². The summed E-state index contributed by atoms with van der Waals surface area (Å²) in [5, 5.41) is 12.4. The topological polar surface area (TPSA) is 73.1 Å². The number of rotatable bonds is 7. The Morgan fingerprint density at radius 3 is 2.29 bits per heavy atom. The van der Waals surface area contributed by atoms with Crippen molar-refractivity contribution in [2.24, 2.45) is 4.99 Å². The minimum absolute atomic E-state index is 0.597. The molecule has 0 unspecified atom stereocenters. The minimum Gasteiger partial charge on any atom is -0.493 e. The van der Waals surface area contributed by atoms with Gasteiger partial charge in [-0.3, -0.25) is 4.90 Å². The fourth-order valence-electron chi connectivity index (χ4n) is 3.63. The first-order valence-electron chi connectivity index (χ1n) is 10.6. The van der Waals surface area contributed by atoms with E-state index in [4.69, 9.17) is 19.7 Å². The lowest BCUT2D eigenvalue weighted by Crippen LogP contribution is -2.52. The zero-order valence-electron chi connectivity index (χ0n) is 18.6. The lowest BCUT2D eigenvalue weighted by Gasteiger charge is -2.36. The molecule has 0 aromatic heterocycles. The van der Waals surface area contributed by atoms with Crippen LogP contribution in [0.4, 0.5) is 0 Å². The summed E-state index contributed by atoms with van der Waals surface area (Å²) in [6.45, 7) is 8.18. The van der Waals surface area contributed by atoms with E-state index >= 15 is 0 Å². The van der Waals surface area contributed by atoms with Gasteiger partial charge < -0.3 is 19.7 Å². The Morgan fingerprint density at radius 1 is 1.00 bits per heavy atom. The third kappa shape index (κ3) is 6.12. The molecule has 1 saturated heterocycles. The molecule has 0 bridgehead atoms. The van der Waals surface area contributed by atoms with Crippen LogP contribution in [0.1, 0.15) is 23.6 Å². The largest absolute Gasteiger partial charge is 0.493 e. The molecule has 0 atom stereocenters. The molecule has 2 aromatic carbocycles. The van der Waals surface area contributed by atoms with E-state index in [1.54, 1.807) is 14.2 Å². The quantitative estimate of drug-likeness (QED) is 0.548. The summed E-state index contributed by atoms with van der Waals surface area (Å²) in [4.78, 5) is 9.58. The predicted molar refractivity (Wildman–Crippen MR) is 122 cm³/mol. The number of ether oxygens (including phenoxy) is 2. The second kappa shape index (κ2) is 11.2.